The number of anilines is 3. The fourth-order valence-corrected chi connectivity index (χ4v) is 5.21. The third-order valence-corrected chi connectivity index (χ3v) is 6.67. The molecule has 0 bridgehead atoms. The highest BCUT2D eigenvalue weighted by molar-refractivity contribution is 7.99. The molecule has 1 aliphatic rings. The Morgan fingerprint density at radius 1 is 0.714 bits per heavy atom. The molecule has 0 fully saturated rings. The van der Waals surface area contributed by atoms with Gasteiger partial charge < -0.3 is 4.90 Å². The minimum Gasteiger partial charge on any atom is -0.308 e. The zero-order valence-electron chi connectivity index (χ0n) is 17.2. The van der Waals surface area contributed by atoms with Crippen molar-refractivity contribution in [1.29, 1.82) is 0 Å². The smallest absolute Gasteiger partial charge is 0.0601 e. The largest absolute Gasteiger partial charge is 0.308 e. The number of para-hydroxylation sites is 2. The minimum absolute atomic E-state index is 0.616. The third-order valence-electron chi connectivity index (χ3n) is 5.54. The van der Waals surface area contributed by atoms with Gasteiger partial charge in [0, 0.05) is 15.5 Å². The van der Waals surface area contributed by atoms with Crippen molar-refractivity contribution in [2.75, 3.05) is 4.90 Å². The van der Waals surface area contributed by atoms with Gasteiger partial charge in [-0.05, 0) is 66.1 Å². The lowest BCUT2D eigenvalue weighted by Gasteiger charge is -2.33. The molecule has 0 saturated heterocycles. The molecule has 3 aromatic carbocycles. The van der Waals surface area contributed by atoms with Gasteiger partial charge in [0.25, 0.3) is 0 Å². The lowest BCUT2D eigenvalue weighted by Crippen LogP contribution is -2.15. The molecule has 28 heavy (non-hydrogen) atoms. The van der Waals surface area contributed by atoms with Gasteiger partial charge in [-0.1, -0.05) is 75.9 Å². The van der Waals surface area contributed by atoms with Gasteiger partial charge in [0.15, 0.2) is 0 Å². The highest BCUT2D eigenvalue weighted by Gasteiger charge is 2.24. The first-order valence-corrected chi connectivity index (χ1v) is 11.1. The number of benzene rings is 3. The van der Waals surface area contributed by atoms with Gasteiger partial charge in [-0.15, -0.1) is 0 Å². The third kappa shape index (κ3) is 3.71. The summed E-state index contributed by atoms with van der Waals surface area (Å²) in [6, 6.07) is 26.7. The highest BCUT2D eigenvalue weighted by atomic mass is 32.2. The number of nitrogens with zero attached hydrogens (tertiary/aromatic N) is 1. The molecule has 4 rings (SSSR count). The molecular weight excluding hydrogens is 358 g/mol. The molecule has 1 aliphatic heterocycles. The lowest BCUT2D eigenvalue weighted by atomic mass is 9.82. The molecular formula is C26H29NS. The monoisotopic (exact) mass is 387 g/mol. The van der Waals surface area contributed by atoms with E-state index in [0.29, 0.717) is 17.8 Å². The Morgan fingerprint density at radius 3 is 1.75 bits per heavy atom. The van der Waals surface area contributed by atoms with Crippen LogP contribution in [0, 0.1) is 11.8 Å². The van der Waals surface area contributed by atoms with Gasteiger partial charge in [0.05, 0.1) is 11.4 Å². The van der Waals surface area contributed by atoms with Crippen molar-refractivity contribution in [1.82, 2.24) is 0 Å². The van der Waals surface area contributed by atoms with E-state index in [1.807, 2.05) is 11.8 Å². The van der Waals surface area contributed by atoms with Crippen molar-refractivity contribution < 1.29 is 0 Å². The average Bonchev–Trinajstić information content (AvgIpc) is 2.70. The summed E-state index contributed by atoms with van der Waals surface area (Å²) in [6.45, 7) is 9.33. The van der Waals surface area contributed by atoms with Gasteiger partial charge in [0.2, 0.25) is 0 Å². The Hall–Kier alpha value is -2.19. The van der Waals surface area contributed by atoms with Crippen molar-refractivity contribution in [3.63, 3.8) is 0 Å². The van der Waals surface area contributed by atoms with Crippen LogP contribution in [0.1, 0.15) is 45.6 Å². The van der Waals surface area contributed by atoms with Crippen LogP contribution in [0.15, 0.2) is 82.6 Å². The molecule has 0 aromatic heterocycles. The van der Waals surface area contributed by atoms with Crippen LogP contribution in [-0.4, -0.2) is 0 Å². The average molecular weight is 388 g/mol. The first-order valence-electron chi connectivity index (χ1n) is 10.3. The van der Waals surface area contributed by atoms with Crippen LogP contribution in [0.5, 0.6) is 0 Å². The summed E-state index contributed by atoms with van der Waals surface area (Å²) in [4.78, 5) is 5.02. The summed E-state index contributed by atoms with van der Waals surface area (Å²) in [5.74, 6) is 1.98. The van der Waals surface area contributed by atoms with Crippen LogP contribution in [0.4, 0.5) is 17.1 Å². The lowest BCUT2D eigenvalue weighted by molar-refractivity contribution is 0.408. The summed E-state index contributed by atoms with van der Waals surface area (Å²) in [5, 5.41) is 0. The molecule has 3 aromatic rings. The maximum absolute atomic E-state index is 2.40. The van der Waals surface area contributed by atoms with Gasteiger partial charge in [-0.3, -0.25) is 0 Å². The summed E-state index contributed by atoms with van der Waals surface area (Å²) in [6.07, 6.45) is 1.24. The second kappa shape index (κ2) is 8.05. The molecule has 1 unspecified atom stereocenters. The Bertz CT molecular complexity index is 897. The van der Waals surface area contributed by atoms with Crippen molar-refractivity contribution in [2.45, 2.75) is 49.8 Å². The molecule has 0 spiro atoms. The van der Waals surface area contributed by atoms with E-state index in [2.05, 4.69) is 105 Å². The molecule has 0 N–H and O–H groups in total. The van der Waals surface area contributed by atoms with Crippen molar-refractivity contribution in [2.24, 2.45) is 11.8 Å². The molecule has 0 amide bonds. The van der Waals surface area contributed by atoms with Gasteiger partial charge in [0.1, 0.15) is 0 Å². The minimum atomic E-state index is 0.616. The van der Waals surface area contributed by atoms with E-state index < -0.39 is 0 Å². The van der Waals surface area contributed by atoms with Gasteiger partial charge >= 0.3 is 0 Å². The number of hydrogen-bond donors (Lipinski definition) is 0. The first-order chi connectivity index (χ1) is 13.5. The molecule has 0 radical (unpaired) electrons. The quantitative estimate of drug-likeness (QED) is 0.338. The molecule has 2 heteroatoms. The molecule has 0 aliphatic carbocycles. The Kier molecular flexibility index (Phi) is 5.50. The molecule has 1 nitrogen and oxygen atoms in total. The van der Waals surface area contributed by atoms with Crippen LogP contribution >= 0.6 is 11.8 Å². The summed E-state index contributed by atoms with van der Waals surface area (Å²) in [5.41, 5.74) is 5.22. The summed E-state index contributed by atoms with van der Waals surface area (Å²) in [7, 11) is 0. The van der Waals surface area contributed by atoms with Gasteiger partial charge in [-0.2, -0.15) is 0 Å². The van der Waals surface area contributed by atoms with Gasteiger partial charge in [-0.25, -0.2) is 0 Å². The number of hydrogen-bond acceptors (Lipinski definition) is 2. The Morgan fingerprint density at radius 2 is 1.25 bits per heavy atom. The SMILES string of the molecule is CC(C)CC(c1ccc(N2c3ccccc3Sc3ccccc32)cc1)C(C)C. The topological polar surface area (TPSA) is 3.24 Å². The van der Waals surface area contributed by atoms with E-state index in [1.165, 1.54) is 38.8 Å². The van der Waals surface area contributed by atoms with Crippen LogP contribution in [0.2, 0.25) is 0 Å². The second-order valence-corrected chi connectivity index (χ2v) is 9.53. The zero-order chi connectivity index (χ0) is 19.7. The number of rotatable bonds is 5. The summed E-state index contributed by atoms with van der Waals surface area (Å²) < 4.78 is 0. The molecule has 1 heterocycles. The van der Waals surface area contributed by atoms with Crippen molar-refractivity contribution >= 4 is 28.8 Å². The molecule has 0 saturated carbocycles. The fraction of sp³-hybridized carbons (Fsp3) is 0.308. The van der Waals surface area contributed by atoms with Crippen LogP contribution < -0.4 is 4.90 Å². The zero-order valence-corrected chi connectivity index (χ0v) is 18.0. The van der Waals surface area contributed by atoms with E-state index in [9.17, 15) is 0 Å². The van der Waals surface area contributed by atoms with Crippen molar-refractivity contribution in [3.8, 4) is 0 Å². The predicted molar refractivity (Wildman–Crippen MR) is 122 cm³/mol. The normalized spacial score (nSPS) is 14.1. The Balaban J connectivity index is 1.74. The number of fused-ring (bicyclic) bond motifs is 2. The maximum atomic E-state index is 2.40. The first kappa shape index (κ1) is 19.1. The van der Waals surface area contributed by atoms with E-state index in [1.54, 1.807) is 0 Å². The molecule has 144 valence electrons. The van der Waals surface area contributed by atoms with Crippen molar-refractivity contribution in [3.05, 3.63) is 78.4 Å². The van der Waals surface area contributed by atoms with E-state index in [0.717, 1.165) is 0 Å². The van der Waals surface area contributed by atoms with E-state index in [4.69, 9.17) is 0 Å². The van der Waals surface area contributed by atoms with Crippen LogP contribution in [-0.2, 0) is 0 Å². The fourth-order valence-electron chi connectivity index (χ4n) is 4.15. The summed E-state index contributed by atoms with van der Waals surface area (Å²) >= 11 is 1.86. The van der Waals surface area contributed by atoms with E-state index in [-0.39, 0.29) is 0 Å². The van der Waals surface area contributed by atoms with Crippen LogP contribution in [0.3, 0.4) is 0 Å². The van der Waals surface area contributed by atoms with E-state index >= 15 is 0 Å². The van der Waals surface area contributed by atoms with Crippen LogP contribution in [0.25, 0.3) is 0 Å². The predicted octanol–water partition coefficient (Wildman–Crippen LogP) is 8.41. The highest BCUT2D eigenvalue weighted by Crippen LogP contribution is 2.51. The maximum Gasteiger partial charge on any atom is 0.0601 e. The molecule has 1 atom stereocenters. The Labute approximate surface area is 173 Å². The second-order valence-electron chi connectivity index (χ2n) is 8.44. The standard InChI is InChI=1S/C26H29NS/c1-18(2)17-22(19(3)4)20-13-15-21(16-14-20)27-23-9-5-7-11-25(23)28-26-12-8-6-10-24(26)27/h5-16,18-19,22H,17H2,1-4H3.